The molecule has 3 aromatic rings. The molecular formula is C14H11ClN2O. The van der Waals surface area contributed by atoms with Crippen molar-refractivity contribution in [2.75, 3.05) is 0 Å². The first-order chi connectivity index (χ1) is 8.74. The van der Waals surface area contributed by atoms with Gasteiger partial charge < -0.3 is 0 Å². The van der Waals surface area contributed by atoms with E-state index in [1.165, 1.54) is 0 Å². The van der Waals surface area contributed by atoms with E-state index in [-0.39, 0.29) is 5.56 Å². The van der Waals surface area contributed by atoms with Gasteiger partial charge in [0.05, 0.1) is 17.4 Å². The molecule has 18 heavy (non-hydrogen) atoms. The second-order valence-corrected chi connectivity index (χ2v) is 4.61. The zero-order valence-electron chi connectivity index (χ0n) is 9.56. The summed E-state index contributed by atoms with van der Waals surface area (Å²) >= 11 is 5.90. The average molecular weight is 259 g/mol. The summed E-state index contributed by atoms with van der Waals surface area (Å²) in [5.41, 5.74) is 1.90. The Bertz CT molecular complexity index is 743. The fourth-order valence-electron chi connectivity index (χ4n) is 2.06. The summed E-state index contributed by atoms with van der Waals surface area (Å²) in [6, 6.07) is 15.3. The van der Waals surface area contributed by atoms with E-state index in [1.807, 2.05) is 41.1 Å². The highest BCUT2D eigenvalue weighted by molar-refractivity contribution is 6.31. The maximum Gasteiger partial charge on any atom is 0.272 e. The molecular weight excluding hydrogens is 248 g/mol. The first-order valence-electron chi connectivity index (χ1n) is 5.66. The lowest BCUT2D eigenvalue weighted by molar-refractivity contribution is 0.703. The van der Waals surface area contributed by atoms with Crippen LogP contribution >= 0.6 is 11.6 Å². The van der Waals surface area contributed by atoms with E-state index in [2.05, 4.69) is 5.10 Å². The highest BCUT2D eigenvalue weighted by Crippen LogP contribution is 2.17. The molecule has 0 aliphatic rings. The normalized spacial score (nSPS) is 10.9. The number of H-pyrrole nitrogens is 1. The zero-order chi connectivity index (χ0) is 12.5. The second kappa shape index (κ2) is 4.35. The van der Waals surface area contributed by atoms with E-state index in [9.17, 15) is 4.79 Å². The number of aromatic amines is 1. The molecule has 0 saturated heterocycles. The van der Waals surface area contributed by atoms with Crippen LogP contribution in [0.4, 0.5) is 0 Å². The van der Waals surface area contributed by atoms with Crippen molar-refractivity contribution < 1.29 is 0 Å². The summed E-state index contributed by atoms with van der Waals surface area (Å²) < 4.78 is 1.84. The van der Waals surface area contributed by atoms with Crippen LogP contribution in [-0.4, -0.2) is 9.78 Å². The summed E-state index contributed by atoms with van der Waals surface area (Å²) in [5.74, 6) is 0. The summed E-state index contributed by atoms with van der Waals surface area (Å²) in [7, 11) is 0. The third kappa shape index (κ3) is 1.93. The molecule has 0 spiro atoms. The fraction of sp³-hybridized carbons (Fsp3) is 0.0714. The van der Waals surface area contributed by atoms with Gasteiger partial charge in [-0.05, 0) is 23.8 Å². The number of benzene rings is 2. The summed E-state index contributed by atoms with van der Waals surface area (Å²) in [6.07, 6.45) is 0. The maximum absolute atomic E-state index is 11.8. The van der Waals surface area contributed by atoms with Crippen molar-refractivity contribution in [3.05, 3.63) is 69.5 Å². The van der Waals surface area contributed by atoms with Crippen molar-refractivity contribution in [1.82, 2.24) is 9.78 Å². The van der Waals surface area contributed by atoms with Crippen LogP contribution in [0.5, 0.6) is 0 Å². The monoisotopic (exact) mass is 258 g/mol. The molecule has 3 rings (SSSR count). The third-order valence-corrected chi connectivity index (χ3v) is 3.15. The van der Waals surface area contributed by atoms with Crippen LogP contribution < -0.4 is 5.56 Å². The van der Waals surface area contributed by atoms with Crippen LogP contribution in [0.1, 0.15) is 5.56 Å². The molecule has 4 heteroatoms. The first-order valence-corrected chi connectivity index (χ1v) is 6.04. The Morgan fingerprint density at radius 3 is 2.67 bits per heavy atom. The highest BCUT2D eigenvalue weighted by atomic mass is 35.5. The highest BCUT2D eigenvalue weighted by Gasteiger charge is 2.07. The van der Waals surface area contributed by atoms with Gasteiger partial charge in [-0.1, -0.05) is 41.9 Å². The molecule has 2 aromatic carbocycles. The number of rotatable bonds is 2. The Morgan fingerprint density at radius 2 is 1.89 bits per heavy atom. The summed E-state index contributed by atoms with van der Waals surface area (Å²) in [5, 5.41) is 4.03. The average Bonchev–Trinajstić information content (AvgIpc) is 2.67. The smallest absolute Gasteiger partial charge is 0.272 e. The number of nitrogens with one attached hydrogen (secondary N) is 1. The molecule has 0 amide bonds. The van der Waals surface area contributed by atoms with Crippen LogP contribution in [0, 0.1) is 0 Å². The number of nitrogens with zero attached hydrogens (tertiary/aromatic N) is 1. The van der Waals surface area contributed by atoms with E-state index >= 15 is 0 Å². The first kappa shape index (κ1) is 11.1. The van der Waals surface area contributed by atoms with E-state index < -0.39 is 0 Å². The Hall–Kier alpha value is -2.00. The van der Waals surface area contributed by atoms with Gasteiger partial charge in [0.1, 0.15) is 0 Å². The molecule has 0 unspecified atom stereocenters. The van der Waals surface area contributed by atoms with Gasteiger partial charge in [0.15, 0.2) is 0 Å². The van der Waals surface area contributed by atoms with Gasteiger partial charge in [0.25, 0.3) is 5.56 Å². The SMILES string of the molecule is O=c1[nH]n(Cc2ccccc2)c2ccc(Cl)cc12. The lowest BCUT2D eigenvalue weighted by Crippen LogP contribution is -2.06. The second-order valence-electron chi connectivity index (χ2n) is 4.17. The number of hydrogen-bond acceptors (Lipinski definition) is 1. The van der Waals surface area contributed by atoms with Gasteiger partial charge in [-0.25, -0.2) is 0 Å². The molecule has 1 heterocycles. The summed E-state index contributed by atoms with van der Waals surface area (Å²) in [4.78, 5) is 11.8. The van der Waals surface area contributed by atoms with Crippen molar-refractivity contribution in [3.8, 4) is 0 Å². The molecule has 0 radical (unpaired) electrons. The topological polar surface area (TPSA) is 37.8 Å². The number of hydrogen-bond donors (Lipinski definition) is 1. The lowest BCUT2D eigenvalue weighted by Gasteiger charge is -2.04. The van der Waals surface area contributed by atoms with Crippen molar-refractivity contribution in [2.24, 2.45) is 0 Å². The van der Waals surface area contributed by atoms with Crippen LogP contribution in [0.2, 0.25) is 5.02 Å². The molecule has 0 fully saturated rings. The molecule has 1 N–H and O–H groups in total. The van der Waals surface area contributed by atoms with Crippen molar-refractivity contribution in [1.29, 1.82) is 0 Å². The molecule has 1 aromatic heterocycles. The van der Waals surface area contributed by atoms with Crippen molar-refractivity contribution in [3.63, 3.8) is 0 Å². The lowest BCUT2D eigenvalue weighted by atomic mass is 10.2. The minimum absolute atomic E-state index is 0.108. The largest absolute Gasteiger partial charge is 0.280 e. The molecule has 0 bridgehead atoms. The Labute approximate surface area is 109 Å². The van der Waals surface area contributed by atoms with Crippen LogP contribution in [0.3, 0.4) is 0 Å². The number of halogens is 1. The minimum Gasteiger partial charge on any atom is -0.280 e. The predicted molar refractivity (Wildman–Crippen MR) is 73.1 cm³/mol. The molecule has 3 nitrogen and oxygen atoms in total. The third-order valence-electron chi connectivity index (χ3n) is 2.91. The zero-order valence-corrected chi connectivity index (χ0v) is 10.3. The molecule has 90 valence electrons. The fourth-order valence-corrected chi connectivity index (χ4v) is 2.23. The summed E-state index contributed by atoms with van der Waals surface area (Å²) in [6.45, 7) is 0.640. The van der Waals surface area contributed by atoms with E-state index in [1.54, 1.807) is 12.1 Å². The van der Waals surface area contributed by atoms with Crippen LogP contribution in [0.15, 0.2) is 53.3 Å². The van der Waals surface area contributed by atoms with E-state index in [0.29, 0.717) is 17.0 Å². The van der Waals surface area contributed by atoms with Gasteiger partial charge in [0, 0.05) is 5.02 Å². The van der Waals surface area contributed by atoms with Gasteiger partial charge in [-0.2, -0.15) is 0 Å². The van der Waals surface area contributed by atoms with Gasteiger partial charge in [-0.3, -0.25) is 14.6 Å². The van der Waals surface area contributed by atoms with Crippen molar-refractivity contribution >= 4 is 22.5 Å². The molecule has 0 saturated carbocycles. The molecule has 0 aliphatic carbocycles. The Balaban J connectivity index is 2.11. The predicted octanol–water partition coefficient (Wildman–Crippen LogP) is 3.03. The van der Waals surface area contributed by atoms with Crippen molar-refractivity contribution in [2.45, 2.75) is 6.54 Å². The van der Waals surface area contributed by atoms with E-state index in [4.69, 9.17) is 11.6 Å². The quantitative estimate of drug-likeness (QED) is 0.754. The molecule has 0 aliphatic heterocycles. The van der Waals surface area contributed by atoms with Gasteiger partial charge >= 0.3 is 0 Å². The number of aromatic nitrogens is 2. The molecule has 0 atom stereocenters. The Kier molecular flexibility index (Phi) is 2.68. The minimum atomic E-state index is -0.108. The van der Waals surface area contributed by atoms with Gasteiger partial charge in [0.2, 0.25) is 0 Å². The van der Waals surface area contributed by atoms with E-state index in [0.717, 1.165) is 11.1 Å². The van der Waals surface area contributed by atoms with Crippen LogP contribution in [-0.2, 0) is 6.54 Å². The standard InChI is InChI=1S/C14H11ClN2O/c15-11-6-7-13-12(8-11)14(18)16-17(13)9-10-4-2-1-3-5-10/h1-8H,9H2,(H,16,18). The Morgan fingerprint density at radius 1 is 1.11 bits per heavy atom. The van der Waals surface area contributed by atoms with Gasteiger partial charge in [-0.15, -0.1) is 0 Å². The maximum atomic E-state index is 11.8. The van der Waals surface area contributed by atoms with Crippen LogP contribution in [0.25, 0.3) is 10.9 Å². The number of fused-ring (bicyclic) bond motifs is 1.